The quantitative estimate of drug-likeness (QED) is 0.847. The van der Waals surface area contributed by atoms with Crippen LogP contribution in [0.25, 0.3) is 0 Å². The van der Waals surface area contributed by atoms with Gasteiger partial charge in [-0.3, -0.25) is 4.79 Å². The molecule has 19 heavy (non-hydrogen) atoms. The van der Waals surface area contributed by atoms with Gasteiger partial charge >= 0.3 is 6.61 Å². The number of nitrogens with one attached hydrogen (secondary N) is 1. The Hall–Kier alpha value is -1.40. The molecule has 0 bridgehead atoms. The summed E-state index contributed by atoms with van der Waals surface area (Å²) >= 11 is 5.75. The first-order chi connectivity index (χ1) is 8.88. The van der Waals surface area contributed by atoms with Gasteiger partial charge in [0, 0.05) is 18.2 Å². The van der Waals surface area contributed by atoms with E-state index in [-0.39, 0.29) is 29.1 Å². The van der Waals surface area contributed by atoms with Crippen molar-refractivity contribution < 1.29 is 18.3 Å². The van der Waals surface area contributed by atoms with Crippen LogP contribution in [0.15, 0.2) is 18.2 Å². The molecule has 0 spiro atoms. The van der Waals surface area contributed by atoms with E-state index in [0.29, 0.717) is 12.1 Å². The summed E-state index contributed by atoms with van der Waals surface area (Å²) in [6.45, 7) is -1.13. The molecule has 0 aromatic heterocycles. The predicted molar refractivity (Wildman–Crippen MR) is 69.6 cm³/mol. The van der Waals surface area contributed by atoms with E-state index in [2.05, 4.69) is 10.1 Å². The first kappa shape index (κ1) is 15.7. The minimum absolute atomic E-state index is 0.00490. The van der Waals surface area contributed by atoms with Gasteiger partial charge in [0.2, 0.25) is 5.91 Å². The van der Waals surface area contributed by atoms with Gasteiger partial charge in [-0.2, -0.15) is 8.78 Å². The van der Waals surface area contributed by atoms with Crippen molar-refractivity contribution in [1.82, 2.24) is 0 Å². The molecule has 0 heterocycles. The molecule has 1 aromatic rings. The molecule has 4 nitrogen and oxygen atoms in total. The molecule has 0 saturated heterocycles. The average molecular weight is 293 g/mol. The number of hydrogen-bond acceptors (Lipinski definition) is 3. The molecule has 3 N–H and O–H groups in total. The Balaban J connectivity index is 2.60. The number of anilines is 1. The van der Waals surface area contributed by atoms with Gasteiger partial charge in [-0.25, -0.2) is 0 Å². The maximum absolute atomic E-state index is 12.0. The van der Waals surface area contributed by atoms with Crippen LogP contribution < -0.4 is 15.8 Å². The third-order valence-electron chi connectivity index (χ3n) is 2.26. The second-order valence-corrected chi connectivity index (χ2v) is 4.50. The molecule has 7 heteroatoms. The maximum Gasteiger partial charge on any atom is 0.387 e. The number of ether oxygens (including phenoxy) is 1. The third-order valence-corrected chi connectivity index (χ3v) is 2.55. The number of amides is 1. The van der Waals surface area contributed by atoms with Gasteiger partial charge in [0.15, 0.2) is 0 Å². The lowest BCUT2D eigenvalue weighted by molar-refractivity contribution is -0.116. The normalized spacial score (nSPS) is 12.3. The van der Waals surface area contributed by atoms with Crippen molar-refractivity contribution >= 4 is 23.2 Å². The molecule has 106 valence electrons. The van der Waals surface area contributed by atoms with Crippen molar-refractivity contribution in [3.05, 3.63) is 23.2 Å². The highest BCUT2D eigenvalue weighted by Crippen LogP contribution is 2.28. The number of hydrogen-bond donors (Lipinski definition) is 2. The van der Waals surface area contributed by atoms with Crippen LogP contribution in [-0.4, -0.2) is 18.6 Å². The summed E-state index contributed by atoms with van der Waals surface area (Å²) in [7, 11) is 0. The van der Waals surface area contributed by atoms with E-state index in [4.69, 9.17) is 17.3 Å². The number of carbonyl (C=O) groups is 1. The summed E-state index contributed by atoms with van der Waals surface area (Å²) in [5, 5.41) is 2.60. The standard InChI is InChI=1S/C12H15ClF2N2O2/c1-7(16)2-5-11(18)17-8-3-4-10(9(13)6-8)19-12(14)15/h3-4,6-7,12H,2,5,16H2,1H3,(H,17,18). The Morgan fingerprint density at radius 2 is 2.21 bits per heavy atom. The highest BCUT2D eigenvalue weighted by atomic mass is 35.5. The fourth-order valence-electron chi connectivity index (χ4n) is 1.35. The monoisotopic (exact) mass is 292 g/mol. The topological polar surface area (TPSA) is 64.4 Å². The number of benzene rings is 1. The number of rotatable bonds is 6. The zero-order valence-corrected chi connectivity index (χ0v) is 11.1. The van der Waals surface area contributed by atoms with E-state index in [1.807, 2.05) is 0 Å². The van der Waals surface area contributed by atoms with Crippen LogP contribution in [0.2, 0.25) is 5.02 Å². The fourth-order valence-corrected chi connectivity index (χ4v) is 1.58. The largest absolute Gasteiger partial charge is 0.433 e. The van der Waals surface area contributed by atoms with Gasteiger partial charge in [0.05, 0.1) is 5.02 Å². The minimum atomic E-state index is -2.94. The van der Waals surface area contributed by atoms with E-state index in [1.165, 1.54) is 18.2 Å². The first-order valence-electron chi connectivity index (χ1n) is 5.68. The maximum atomic E-state index is 12.0. The van der Waals surface area contributed by atoms with Crippen molar-refractivity contribution in [2.24, 2.45) is 5.73 Å². The number of alkyl halides is 2. The van der Waals surface area contributed by atoms with Gasteiger partial charge in [-0.15, -0.1) is 0 Å². The van der Waals surface area contributed by atoms with Crippen LogP contribution in [0.1, 0.15) is 19.8 Å². The lowest BCUT2D eigenvalue weighted by Crippen LogP contribution is -2.19. The van der Waals surface area contributed by atoms with Crippen LogP contribution in [0.3, 0.4) is 0 Å². The van der Waals surface area contributed by atoms with E-state index >= 15 is 0 Å². The predicted octanol–water partition coefficient (Wildman–Crippen LogP) is 3.01. The molecule has 0 aliphatic heterocycles. The summed E-state index contributed by atoms with van der Waals surface area (Å²) in [4.78, 5) is 11.5. The van der Waals surface area contributed by atoms with Crippen molar-refractivity contribution in [1.29, 1.82) is 0 Å². The highest BCUT2D eigenvalue weighted by Gasteiger charge is 2.10. The molecular weight excluding hydrogens is 278 g/mol. The Morgan fingerprint density at radius 1 is 1.53 bits per heavy atom. The van der Waals surface area contributed by atoms with Crippen LogP contribution in [-0.2, 0) is 4.79 Å². The number of halogens is 3. The lowest BCUT2D eigenvalue weighted by Gasteiger charge is -2.10. The molecule has 0 fully saturated rings. The molecular formula is C12H15ClF2N2O2. The molecule has 0 aliphatic carbocycles. The Kier molecular flexibility index (Phi) is 5.98. The van der Waals surface area contributed by atoms with Gasteiger partial charge in [0.1, 0.15) is 5.75 Å². The van der Waals surface area contributed by atoms with Gasteiger partial charge in [0.25, 0.3) is 0 Å². The molecule has 0 saturated carbocycles. The van der Waals surface area contributed by atoms with E-state index < -0.39 is 6.61 Å². The van der Waals surface area contributed by atoms with Crippen molar-refractivity contribution in [2.45, 2.75) is 32.4 Å². The zero-order chi connectivity index (χ0) is 14.4. The summed E-state index contributed by atoms with van der Waals surface area (Å²) < 4.78 is 28.2. The molecule has 1 unspecified atom stereocenters. The summed E-state index contributed by atoms with van der Waals surface area (Å²) in [6, 6.07) is 4.00. The van der Waals surface area contributed by atoms with Crippen molar-refractivity contribution in [2.75, 3.05) is 5.32 Å². The van der Waals surface area contributed by atoms with Gasteiger partial charge in [-0.1, -0.05) is 11.6 Å². The number of carbonyl (C=O) groups excluding carboxylic acids is 1. The van der Waals surface area contributed by atoms with Crippen LogP contribution in [0, 0.1) is 0 Å². The summed E-state index contributed by atoms with van der Waals surface area (Å²) in [5.41, 5.74) is 5.95. The SMILES string of the molecule is CC(N)CCC(=O)Nc1ccc(OC(F)F)c(Cl)c1. The molecule has 1 amide bonds. The fraction of sp³-hybridized carbons (Fsp3) is 0.417. The van der Waals surface area contributed by atoms with Crippen LogP contribution in [0.5, 0.6) is 5.75 Å². The van der Waals surface area contributed by atoms with E-state index in [0.717, 1.165) is 0 Å². The van der Waals surface area contributed by atoms with Gasteiger partial charge < -0.3 is 15.8 Å². The smallest absolute Gasteiger partial charge is 0.387 e. The molecule has 0 radical (unpaired) electrons. The third kappa shape index (κ3) is 5.85. The van der Waals surface area contributed by atoms with E-state index in [9.17, 15) is 13.6 Å². The second-order valence-electron chi connectivity index (χ2n) is 4.09. The summed E-state index contributed by atoms with van der Waals surface area (Å²) in [6.07, 6.45) is 0.844. The Bertz CT molecular complexity index is 442. The van der Waals surface area contributed by atoms with Crippen LogP contribution >= 0.6 is 11.6 Å². The molecule has 1 aromatic carbocycles. The second kappa shape index (κ2) is 7.25. The van der Waals surface area contributed by atoms with Crippen molar-refractivity contribution in [3.63, 3.8) is 0 Å². The lowest BCUT2D eigenvalue weighted by atomic mass is 10.2. The molecule has 0 aliphatic rings. The molecule has 1 atom stereocenters. The summed E-state index contributed by atoms with van der Waals surface area (Å²) in [5.74, 6) is -0.346. The van der Waals surface area contributed by atoms with Gasteiger partial charge in [-0.05, 0) is 31.5 Å². The highest BCUT2D eigenvalue weighted by molar-refractivity contribution is 6.32. The van der Waals surface area contributed by atoms with E-state index in [1.54, 1.807) is 6.92 Å². The molecule has 1 rings (SSSR count). The van der Waals surface area contributed by atoms with Crippen LogP contribution in [0.4, 0.5) is 14.5 Å². The minimum Gasteiger partial charge on any atom is -0.433 e. The first-order valence-corrected chi connectivity index (χ1v) is 6.06. The number of nitrogens with two attached hydrogens (primary N) is 1. The van der Waals surface area contributed by atoms with Crippen molar-refractivity contribution in [3.8, 4) is 5.75 Å². The Labute approximate surface area is 114 Å². The Morgan fingerprint density at radius 3 is 2.74 bits per heavy atom. The zero-order valence-electron chi connectivity index (χ0n) is 10.3. The average Bonchev–Trinajstić information content (AvgIpc) is 2.29.